The molecule has 1 saturated heterocycles. The van der Waals surface area contributed by atoms with E-state index in [4.69, 9.17) is 4.74 Å². The molecule has 2 N–H and O–H groups in total. The summed E-state index contributed by atoms with van der Waals surface area (Å²) in [4.78, 5) is 14.7. The maximum atomic E-state index is 12.5. The summed E-state index contributed by atoms with van der Waals surface area (Å²) in [5.41, 5.74) is 0.0945. The Labute approximate surface area is 129 Å². The van der Waals surface area contributed by atoms with Crippen LogP contribution in [0.25, 0.3) is 0 Å². The molecule has 0 aliphatic carbocycles. The number of piperidine rings is 1. The second-order valence-corrected chi connectivity index (χ2v) is 6.05. The zero-order chi connectivity index (χ0) is 15.7. The zero-order valence-corrected chi connectivity index (χ0v) is 14.2. The van der Waals surface area contributed by atoms with Crippen LogP contribution in [0.1, 0.15) is 40.0 Å². The quantitative estimate of drug-likeness (QED) is 0.672. The molecule has 1 aliphatic heterocycles. The number of hydrogen-bond donors (Lipinski definition) is 2. The van der Waals surface area contributed by atoms with Crippen molar-refractivity contribution in [1.29, 1.82) is 0 Å². The molecule has 5 nitrogen and oxygen atoms in total. The number of rotatable bonds is 9. The molecule has 1 amide bonds. The number of amides is 1. The zero-order valence-electron chi connectivity index (χ0n) is 14.2. The first-order valence-electron chi connectivity index (χ1n) is 8.33. The highest BCUT2D eigenvalue weighted by atomic mass is 16.5. The molecule has 1 unspecified atom stereocenters. The molecule has 1 fully saturated rings. The third-order valence-electron chi connectivity index (χ3n) is 4.69. The summed E-state index contributed by atoms with van der Waals surface area (Å²) in [5, 5.41) is 6.57. The van der Waals surface area contributed by atoms with E-state index in [1.165, 1.54) is 0 Å². The normalized spacial score (nSPS) is 19.5. The van der Waals surface area contributed by atoms with Crippen molar-refractivity contribution in [2.45, 2.75) is 46.1 Å². The lowest BCUT2D eigenvalue weighted by atomic mass is 9.79. The smallest absolute Gasteiger partial charge is 0.237 e. The van der Waals surface area contributed by atoms with Gasteiger partial charge in [-0.25, -0.2) is 0 Å². The van der Waals surface area contributed by atoms with Crippen molar-refractivity contribution in [1.82, 2.24) is 15.5 Å². The second kappa shape index (κ2) is 9.38. The molecule has 124 valence electrons. The van der Waals surface area contributed by atoms with Gasteiger partial charge in [-0.3, -0.25) is 9.69 Å². The Balaban J connectivity index is 2.59. The topological polar surface area (TPSA) is 53.6 Å². The molecule has 0 radical (unpaired) electrons. The van der Waals surface area contributed by atoms with Crippen molar-refractivity contribution in [3.05, 3.63) is 0 Å². The lowest BCUT2D eigenvalue weighted by Crippen LogP contribution is -2.52. The Morgan fingerprint density at radius 3 is 2.38 bits per heavy atom. The predicted molar refractivity (Wildman–Crippen MR) is 86.4 cm³/mol. The number of carbonyl (C=O) groups is 1. The fraction of sp³-hybridized carbons (Fsp3) is 0.938. The molecular formula is C16H33N3O2. The number of methoxy groups -OCH3 is 1. The van der Waals surface area contributed by atoms with E-state index in [0.29, 0.717) is 0 Å². The van der Waals surface area contributed by atoms with Crippen molar-refractivity contribution < 1.29 is 9.53 Å². The van der Waals surface area contributed by atoms with Gasteiger partial charge in [0.2, 0.25) is 5.91 Å². The van der Waals surface area contributed by atoms with Crippen LogP contribution in [0.2, 0.25) is 0 Å². The summed E-state index contributed by atoms with van der Waals surface area (Å²) >= 11 is 0. The van der Waals surface area contributed by atoms with Gasteiger partial charge >= 0.3 is 0 Å². The van der Waals surface area contributed by atoms with Crippen LogP contribution in [0.5, 0.6) is 0 Å². The number of ether oxygens (including phenoxy) is 1. The van der Waals surface area contributed by atoms with Gasteiger partial charge in [0.25, 0.3) is 0 Å². The van der Waals surface area contributed by atoms with Gasteiger partial charge in [-0.05, 0) is 45.4 Å². The van der Waals surface area contributed by atoms with E-state index >= 15 is 0 Å². The summed E-state index contributed by atoms with van der Waals surface area (Å²) in [6.07, 6.45) is 2.97. The van der Waals surface area contributed by atoms with E-state index < -0.39 is 0 Å². The Kier molecular flexibility index (Phi) is 8.22. The monoisotopic (exact) mass is 299 g/mol. The molecule has 1 heterocycles. The van der Waals surface area contributed by atoms with Crippen LogP contribution in [0, 0.1) is 5.41 Å². The highest BCUT2D eigenvalue weighted by Crippen LogP contribution is 2.28. The lowest BCUT2D eigenvalue weighted by molar-refractivity contribution is -0.127. The van der Waals surface area contributed by atoms with Crippen LogP contribution in [0.15, 0.2) is 0 Å². The fourth-order valence-electron chi connectivity index (χ4n) is 3.30. The van der Waals surface area contributed by atoms with E-state index in [2.05, 4.69) is 36.3 Å². The van der Waals surface area contributed by atoms with E-state index in [1.807, 2.05) is 0 Å². The van der Waals surface area contributed by atoms with E-state index in [0.717, 1.165) is 58.6 Å². The molecule has 0 aromatic rings. The van der Waals surface area contributed by atoms with Gasteiger partial charge in [0.15, 0.2) is 0 Å². The molecule has 0 saturated carbocycles. The summed E-state index contributed by atoms with van der Waals surface area (Å²) in [5.74, 6) is 0.162. The van der Waals surface area contributed by atoms with Crippen molar-refractivity contribution in [2.24, 2.45) is 5.41 Å². The molecule has 0 aromatic carbocycles. The number of hydrogen-bond acceptors (Lipinski definition) is 4. The van der Waals surface area contributed by atoms with Crippen molar-refractivity contribution in [3.8, 4) is 0 Å². The third kappa shape index (κ3) is 5.24. The van der Waals surface area contributed by atoms with Crippen LogP contribution in [-0.2, 0) is 9.53 Å². The van der Waals surface area contributed by atoms with E-state index in [-0.39, 0.29) is 17.4 Å². The van der Waals surface area contributed by atoms with Gasteiger partial charge in [-0.2, -0.15) is 0 Å². The van der Waals surface area contributed by atoms with Gasteiger partial charge < -0.3 is 15.4 Å². The molecule has 21 heavy (non-hydrogen) atoms. The minimum absolute atomic E-state index is 0.0127. The molecule has 0 spiro atoms. The average Bonchev–Trinajstić information content (AvgIpc) is 2.51. The average molecular weight is 299 g/mol. The van der Waals surface area contributed by atoms with Crippen LogP contribution in [0.3, 0.4) is 0 Å². The molecule has 1 aliphatic rings. The van der Waals surface area contributed by atoms with Gasteiger partial charge in [-0.15, -0.1) is 0 Å². The highest BCUT2D eigenvalue weighted by molar-refractivity contribution is 5.81. The van der Waals surface area contributed by atoms with Crippen LogP contribution >= 0.6 is 0 Å². The standard InChI is InChI=1S/C16H33N3O2/c1-5-14(19(6-2)7-3)15(20)18-12-16(13-21-4)8-10-17-11-9-16/h14,17H,5-13H2,1-4H3,(H,18,20). The number of nitrogens with one attached hydrogen (secondary N) is 2. The van der Waals surface area contributed by atoms with Crippen molar-refractivity contribution in [2.75, 3.05) is 46.4 Å². The number of carbonyl (C=O) groups excluding carboxylic acids is 1. The molecule has 0 bridgehead atoms. The maximum absolute atomic E-state index is 12.5. The van der Waals surface area contributed by atoms with Crippen LogP contribution < -0.4 is 10.6 Å². The maximum Gasteiger partial charge on any atom is 0.237 e. The summed E-state index contributed by atoms with van der Waals surface area (Å²) in [6.45, 7) is 11.6. The Hall–Kier alpha value is -0.650. The molecule has 1 atom stereocenters. The molecule has 5 heteroatoms. The Bertz CT molecular complexity index is 294. The Morgan fingerprint density at radius 1 is 1.29 bits per heavy atom. The molecule has 1 rings (SSSR count). The van der Waals surface area contributed by atoms with Crippen LogP contribution in [0.4, 0.5) is 0 Å². The summed E-state index contributed by atoms with van der Waals surface area (Å²) in [7, 11) is 1.75. The minimum atomic E-state index is -0.0127. The first kappa shape index (κ1) is 18.4. The van der Waals surface area contributed by atoms with Gasteiger partial charge in [-0.1, -0.05) is 20.8 Å². The second-order valence-electron chi connectivity index (χ2n) is 6.05. The summed E-state index contributed by atoms with van der Waals surface area (Å²) in [6, 6.07) is -0.0127. The van der Waals surface area contributed by atoms with Crippen molar-refractivity contribution >= 4 is 5.91 Å². The molecule has 0 aromatic heterocycles. The SMILES string of the molecule is CCC(C(=O)NCC1(COC)CCNCC1)N(CC)CC. The van der Waals surface area contributed by atoms with Crippen molar-refractivity contribution in [3.63, 3.8) is 0 Å². The van der Waals surface area contributed by atoms with E-state index in [9.17, 15) is 4.79 Å². The largest absolute Gasteiger partial charge is 0.384 e. The lowest BCUT2D eigenvalue weighted by Gasteiger charge is -2.38. The van der Waals surface area contributed by atoms with Gasteiger partial charge in [0, 0.05) is 19.1 Å². The number of likely N-dealkylation sites (N-methyl/N-ethyl adjacent to an activating group) is 1. The summed E-state index contributed by atoms with van der Waals surface area (Å²) < 4.78 is 5.40. The first-order chi connectivity index (χ1) is 10.1. The third-order valence-corrected chi connectivity index (χ3v) is 4.69. The minimum Gasteiger partial charge on any atom is -0.384 e. The fourth-order valence-corrected chi connectivity index (χ4v) is 3.30. The molecular weight excluding hydrogens is 266 g/mol. The first-order valence-corrected chi connectivity index (χ1v) is 8.33. The van der Waals surface area contributed by atoms with Crippen LogP contribution in [-0.4, -0.2) is 63.3 Å². The Morgan fingerprint density at radius 2 is 1.90 bits per heavy atom. The van der Waals surface area contributed by atoms with Gasteiger partial charge in [0.1, 0.15) is 0 Å². The number of nitrogens with zero attached hydrogens (tertiary/aromatic N) is 1. The van der Waals surface area contributed by atoms with E-state index in [1.54, 1.807) is 7.11 Å². The highest BCUT2D eigenvalue weighted by Gasteiger charge is 2.33. The van der Waals surface area contributed by atoms with Gasteiger partial charge in [0.05, 0.1) is 12.6 Å². The predicted octanol–water partition coefficient (Wildman–Crippen LogP) is 1.24.